The number of rotatable bonds is 8. The molecule has 0 saturated carbocycles. The van der Waals surface area contributed by atoms with Crippen LogP contribution in [-0.2, 0) is 19.4 Å². The highest BCUT2D eigenvalue weighted by molar-refractivity contribution is 7.90. The lowest BCUT2D eigenvalue weighted by Crippen LogP contribution is -2.27. The fourth-order valence-electron chi connectivity index (χ4n) is 3.25. The number of halogens is 1. The lowest BCUT2D eigenvalue weighted by Gasteiger charge is -2.20. The lowest BCUT2D eigenvalue weighted by molar-refractivity contribution is -0.157. The van der Waals surface area contributed by atoms with E-state index < -0.39 is 45.6 Å². The van der Waals surface area contributed by atoms with Gasteiger partial charge in [-0.05, 0) is 51.1 Å². The summed E-state index contributed by atoms with van der Waals surface area (Å²) < 4.78 is 53.8. The van der Waals surface area contributed by atoms with E-state index in [9.17, 15) is 22.4 Å². The first-order valence-corrected chi connectivity index (χ1v) is 12.7. The Morgan fingerprint density at radius 3 is 2.34 bits per heavy atom. The van der Waals surface area contributed by atoms with Gasteiger partial charge in [0.1, 0.15) is 34.4 Å². The second-order valence-electron chi connectivity index (χ2n) is 8.86. The Hall–Kier alpha value is -3.60. The summed E-state index contributed by atoms with van der Waals surface area (Å²) in [6, 6.07) is 8.38. The van der Waals surface area contributed by atoms with Crippen LogP contribution in [0.1, 0.15) is 31.1 Å². The summed E-state index contributed by atoms with van der Waals surface area (Å²) >= 11 is 0. The molecule has 0 unspecified atom stereocenters. The molecule has 35 heavy (non-hydrogen) atoms. The van der Waals surface area contributed by atoms with E-state index >= 15 is 0 Å². The van der Waals surface area contributed by atoms with Crippen molar-refractivity contribution in [2.24, 2.45) is 0 Å². The molecule has 0 fully saturated rings. The largest absolute Gasteiger partial charge is 0.480 e. The van der Waals surface area contributed by atoms with Crippen LogP contribution in [0.15, 0.2) is 40.8 Å². The third-order valence-corrected chi connectivity index (χ3v) is 5.31. The number of esters is 1. The van der Waals surface area contributed by atoms with Crippen LogP contribution >= 0.6 is 0 Å². The van der Waals surface area contributed by atoms with Crippen molar-refractivity contribution in [1.82, 2.24) is 5.32 Å². The van der Waals surface area contributed by atoms with E-state index in [4.69, 9.17) is 13.9 Å². The summed E-state index contributed by atoms with van der Waals surface area (Å²) in [5.41, 5.74) is 0.398. The van der Waals surface area contributed by atoms with Gasteiger partial charge in [0.05, 0.1) is 11.3 Å². The minimum Gasteiger partial charge on any atom is -0.480 e. The normalized spacial score (nSPS) is 11.8. The SMILES string of the molecule is CNC(=O)c1c(-c2ccc(F)cc2)oc2cc(NCS(C)(=O)=O)c(OCC(=O)OC(C)(C)C)cc12. The maximum absolute atomic E-state index is 13.5. The Balaban J connectivity index is 2.12. The Labute approximate surface area is 202 Å². The second kappa shape index (κ2) is 9.95. The fourth-order valence-corrected chi connectivity index (χ4v) is 3.67. The number of hydrogen-bond acceptors (Lipinski definition) is 8. The number of benzene rings is 2. The van der Waals surface area contributed by atoms with Gasteiger partial charge in [-0.1, -0.05) is 0 Å². The molecule has 0 aliphatic rings. The molecule has 1 aromatic heterocycles. The molecule has 3 aromatic rings. The average molecular weight is 507 g/mol. The first kappa shape index (κ1) is 26.0. The van der Waals surface area contributed by atoms with Crippen LogP contribution < -0.4 is 15.4 Å². The van der Waals surface area contributed by atoms with Crippen LogP contribution in [0.4, 0.5) is 10.1 Å². The van der Waals surface area contributed by atoms with E-state index in [2.05, 4.69) is 10.6 Å². The molecule has 9 nitrogen and oxygen atoms in total. The Kier molecular flexibility index (Phi) is 7.39. The third kappa shape index (κ3) is 6.72. The molecular formula is C24H27FN2O7S. The Morgan fingerprint density at radius 1 is 1.11 bits per heavy atom. The van der Waals surface area contributed by atoms with Gasteiger partial charge in [-0.25, -0.2) is 17.6 Å². The van der Waals surface area contributed by atoms with Crippen molar-refractivity contribution < 1.29 is 36.3 Å². The van der Waals surface area contributed by atoms with E-state index in [0.29, 0.717) is 10.9 Å². The maximum Gasteiger partial charge on any atom is 0.344 e. The molecular weight excluding hydrogens is 479 g/mol. The number of sulfone groups is 1. The summed E-state index contributed by atoms with van der Waals surface area (Å²) in [6.45, 7) is 4.70. The molecule has 3 rings (SSSR count). The van der Waals surface area contributed by atoms with Crippen molar-refractivity contribution in [3.05, 3.63) is 47.8 Å². The molecule has 11 heteroatoms. The van der Waals surface area contributed by atoms with Crippen LogP contribution in [0, 0.1) is 5.82 Å². The van der Waals surface area contributed by atoms with Gasteiger partial charge in [-0.3, -0.25) is 4.79 Å². The number of anilines is 1. The van der Waals surface area contributed by atoms with E-state index in [1.54, 1.807) is 20.8 Å². The molecule has 1 heterocycles. The van der Waals surface area contributed by atoms with Crippen LogP contribution in [0.25, 0.3) is 22.3 Å². The zero-order valence-corrected chi connectivity index (χ0v) is 20.8. The number of ether oxygens (including phenoxy) is 2. The number of carbonyl (C=O) groups is 2. The van der Waals surface area contributed by atoms with Crippen molar-refractivity contribution in [2.75, 3.05) is 31.1 Å². The molecule has 2 N–H and O–H groups in total. The number of amides is 1. The van der Waals surface area contributed by atoms with Gasteiger partial charge in [0.25, 0.3) is 5.91 Å². The Morgan fingerprint density at radius 2 is 1.77 bits per heavy atom. The number of furan rings is 1. The molecule has 0 aliphatic carbocycles. The number of carbonyl (C=O) groups excluding carboxylic acids is 2. The quantitative estimate of drug-likeness (QED) is 0.443. The molecule has 0 radical (unpaired) electrons. The molecule has 0 saturated heterocycles. The minimum atomic E-state index is -3.40. The van der Waals surface area contributed by atoms with Crippen molar-refractivity contribution >= 4 is 38.4 Å². The van der Waals surface area contributed by atoms with Crippen LogP contribution in [0.3, 0.4) is 0 Å². The van der Waals surface area contributed by atoms with Crippen molar-refractivity contribution in [2.45, 2.75) is 26.4 Å². The fraction of sp³-hybridized carbons (Fsp3) is 0.333. The highest BCUT2D eigenvalue weighted by atomic mass is 32.2. The zero-order valence-electron chi connectivity index (χ0n) is 20.0. The second-order valence-corrected chi connectivity index (χ2v) is 11.0. The maximum atomic E-state index is 13.5. The van der Waals surface area contributed by atoms with Crippen LogP contribution in [0.5, 0.6) is 5.75 Å². The topological polar surface area (TPSA) is 124 Å². The predicted octanol–water partition coefficient (Wildman–Crippen LogP) is 3.73. The summed E-state index contributed by atoms with van der Waals surface area (Å²) in [7, 11) is -1.95. The summed E-state index contributed by atoms with van der Waals surface area (Å²) in [4.78, 5) is 25.0. The van der Waals surface area contributed by atoms with Crippen LogP contribution in [0.2, 0.25) is 0 Å². The number of nitrogens with one attached hydrogen (secondary N) is 2. The molecule has 0 aliphatic heterocycles. The summed E-state index contributed by atoms with van der Waals surface area (Å²) in [5.74, 6) is -1.64. The van der Waals surface area contributed by atoms with Crippen molar-refractivity contribution in [1.29, 1.82) is 0 Å². The van der Waals surface area contributed by atoms with Gasteiger partial charge in [-0.2, -0.15) is 0 Å². The molecule has 0 bridgehead atoms. The third-order valence-electron chi connectivity index (χ3n) is 4.64. The van der Waals surface area contributed by atoms with Gasteiger partial charge in [0.2, 0.25) is 0 Å². The van der Waals surface area contributed by atoms with Gasteiger partial charge in [0.15, 0.2) is 16.4 Å². The van der Waals surface area contributed by atoms with E-state index in [1.807, 2.05) is 0 Å². The van der Waals surface area contributed by atoms with E-state index in [1.165, 1.54) is 43.4 Å². The van der Waals surface area contributed by atoms with Crippen molar-refractivity contribution in [3.8, 4) is 17.1 Å². The molecule has 0 spiro atoms. The zero-order chi connectivity index (χ0) is 26.0. The summed E-state index contributed by atoms with van der Waals surface area (Å²) in [5, 5.41) is 5.67. The highest BCUT2D eigenvalue weighted by Crippen LogP contribution is 2.39. The lowest BCUT2D eigenvalue weighted by atomic mass is 10.0. The van der Waals surface area contributed by atoms with E-state index in [-0.39, 0.29) is 28.3 Å². The predicted molar refractivity (Wildman–Crippen MR) is 130 cm³/mol. The van der Waals surface area contributed by atoms with Gasteiger partial charge in [0, 0.05) is 30.3 Å². The van der Waals surface area contributed by atoms with Crippen molar-refractivity contribution in [3.63, 3.8) is 0 Å². The number of hydrogen-bond donors (Lipinski definition) is 2. The monoisotopic (exact) mass is 506 g/mol. The Bertz CT molecular complexity index is 1360. The van der Waals surface area contributed by atoms with Gasteiger partial charge < -0.3 is 24.5 Å². The smallest absolute Gasteiger partial charge is 0.344 e. The minimum absolute atomic E-state index is 0.114. The first-order valence-electron chi connectivity index (χ1n) is 10.6. The molecule has 0 atom stereocenters. The molecule has 2 aromatic carbocycles. The first-order chi connectivity index (χ1) is 16.3. The van der Waals surface area contributed by atoms with E-state index in [0.717, 1.165) is 6.26 Å². The molecule has 188 valence electrons. The standard InChI is InChI=1S/C24H27FN2O7S/c1-24(2,3)34-20(28)12-32-19-10-16-18(11-17(19)27-13-35(5,30)31)33-22(21(16)23(29)26-4)14-6-8-15(25)9-7-14/h6-11,27H,12-13H2,1-5H3,(H,26,29). The number of fused-ring (bicyclic) bond motifs is 1. The summed E-state index contributed by atoms with van der Waals surface area (Å²) in [6.07, 6.45) is 1.06. The highest BCUT2D eigenvalue weighted by Gasteiger charge is 2.24. The average Bonchev–Trinajstić information content (AvgIpc) is 3.12. The van der Waals surface area contributed by atoms with Gasteiger partial charge in [-0.15, -0.1) is 0 Å². The molecule has 1 amide bonds. The van der Waals surface area contributed by atoms with Gasteiger partial charge >= 0.3 is 5.97 Å². The van der Waals surface area contributed by atoms with Crippen LogP contribution in [-0.4, -0.2) is 51.7 Å².